The van der Waals surface area contributed by atoms with Crippen LogP contribution in [-0.4, -0.2) is 36.4 Å². The number of oxime groups is 1. The van der Waals surface area contributed by atoms with Crippen LogP contribution in [0.15, 0.2) is 71.9 Å². The first-order valence-electron chi connectivity index (χ1n) is 11.2. The Morgan fingerprint density at radius 1 is 1.11 bits per heavy atom. The summed E-state index contributed by atoms with van der Waals surface area (Å²) in [6, 6.07) is 13.4. The molecule has 6 nitrogen and oxygen atoms in total. The molecule has 0 spiro atoms. The van der Waals surface area contributed by atoms with Gasteiger partial charge in [-0.15, -0.1) is 0 Å². The molecule has 0 fully saturated rings. The normalized spacial score (nSPS) is 15.1. The number of alkyl halides is 3. The van der Waals surface area contributed by atoms with Gasteiger partial charge < -0.3 is 19.8 Å². The summed E-state index contributed by atoms with van der Waals surface area (Å²) in [7, 11) is 1.52. The maximum absolute atomic E-state index is 14.4. The molecule has 1 heterocycles. The first-order chi connectivity index (χ1) is 17.6. The van der Waals surface area contributed by atoms with Crippen LogP contribution < -0.4 is 10.1 Å². The molecule has 1 unspecified atom stereocenters. The Hall–Kier alpha value is -4.15. The highest BCUT2D eigenvalue weighted by atomic mass is 19.4. The second-order valence-corrected chi connectivity index (χ2v) is 8.29. The highest BCUT2D eigenvalue weighted by Gasteiger charge is 2.31. The zero-order valence-corrected chi connectivity index (χ0v) is 19.6. The number of nitrogens with one attached hydrogen (secondary N) is 1. The van der Waals surface area contributed by atoms with Gasteiger partial charge in [0.15, 0.2) is 6.10 Å². The average molecular weight is 519 g/mol. The van der Waals surface area contributed by atoms with Crippen LogP contribution in [-0.2, 0) is 17.6 Å². The highest BCUT2D eigenvalue weighted by Crippen LogP contribution is 2.31. The van der Waals surface area contributed by atoms with E-state index in [2.05, 4.69) is 10.5 Å². The van der Waals surface area contributed by atoms with Crippen LogP contribution in [0.25, 0.3) is 0 Å². The van der Waals surface area contributed by atoms with Gasteiger partial charge in [-0.05, 0) is 36.4 Å². The Kier molecular flexibility index (Phi) is 7.61. The van der Waals surface area contributed by atoms with Crippen LogP contribution in [0.4, 0.5) is 32.4 Å². The SMILES string of the molecule is COc1ccccc1C1=NOC(CN(Cc2ccc(F)cc2F)C(=O)Nc2cccc(C(F)(F)F)c2)C1. The summed E-state index contributed by atoms with van der Waals surface area (Å²) in [6.45, 7) is -0.371. The number of carbonyl (C=O) groups excluding carboxylic acids is 1. The van der Waals surface area contributed by atoms with E-state index in [0.717, 1.165) is 24.3 Å². The molecule has 3 aromatic rings. The van der Waals surface area contributed by atoms with Crippen LogP contribution in [0.2, 0.25) is 0 Å². The standard InChI is InChI=1S/C26H22F5N3O3/c1-36-24-8-3-2-7-21(24)23-13-20(37-33-23)15-34(14-16-9-10-18(27)12-22(16)28)25(35)32-19-6-4-5-17(11-19)26(29,30)31/h2-12,20H,13-15H2,1H3,(H,32,35). The largest absolute Gasteiger partial charge is 0.496 e. The lowest BCUT2D eigenvalue weighted by atomic mass is 10.0. The van der Waals surface area contributed by atoms with Crippen LogP contribution in [0.3, 0.4) is 0 Å². The number of halogens is 5. The van der Waals surface area contributed by atoms with Gasteiger partial charge in [0.25, 0.3) is 0 Å². The van der Waals surface area contributed by atoms with E-state index in [9.17, 15) is 26.7 Å². The van der Waals surface area contributed by atoms with Crippen molar-refractivity contribution >= 4 is 17.4 Å². The van der Waals surface area contributed by atoms with Gasteiger partial charge in [-0.3, -0.25) is 0 Å². The number of hydrogen-bond donors (Lipinski definition) is 1. The van der Waals surface area contributed by atoms with Gasteiger partial charge in [-0.1, -0.05) is 29.4 Å². The molecule has 4 rings (SSSR count). The molecule has 0 aromatic heterocycles. The summed E-state index contributed by atoms with van der Waals surface area (Å²) in [5, 5.41) is 6.52. The fraction of sp³-hybridized carbons (Fsp3) is 0.231. The maximum Gasteiger partial charge on any atom is 0.416 e. The molecule has 1 aliphatic rings. The van der Waals surface area contributed by atoms with Gasteiger partial charge in [0.2, 0.25) is 0 Å². The van der Waals surface area contributed by atoms with Crippen molar-refractivity contribution < 1.29 is 36.3 Å². The molecule has 194 valence electrons. The predicted octanol–water partition coefficient (Wildman–Crippen LogP) is 6.22. The summed E-state index contributed by atoms with van der Waals surface area (Å²) in [6.07, 6.45) is -4.93. The van der Waals surface area contributed by atoms with E-state index in [1.165, 1.54) is 24.1 Å². The summed E-state index contributed by atoms with van der Waals surface area (Å²) in [5.41, 5.74) is 0.272. The Morgan fingerprint density at radius 2 is 1.89 bits per heavy atom. The fourth-order valence-electron chi connectivity index (χ4n) is 3.86. The molecule has 1 atom stereocenters. The smallest absolute Gasteiger partial charge is 0.416 e. The molecule has 11 heteroatoms. The number of rotatable bonds is 7. The van der Waals surface area contributed by atoms with Gasteiger partial charge in [-0.2, -0.15) is 13.2 Å². The molecule has 0 aliphatic carbocycles. The molecule has 37 heavy (non-hydrogen) atoms. The Morgan fingerprint density at radius 3 is 2.62 bits per heavy atom. The average Bonchev–Trinajstić information content (AvgIpc) is 3.33. The first-order valence-corrected chi connectivity index (χ1v) is 11.2. The number of urea groups is 1. The summed E-state index contributed by atoms with van der Waals surface area (Å²) < 4.78 is 72.4. The number of nitrogens with zero attached hydrogens (tertiary/aromatic N) is 2. The third-order valence-electron chi connectivity index (χ3n) is 5.68. The number of para-hydroxylation sites is 1. The molecular weight excluding hydrogens is 497 g/mol. The zero-order chi connectivity index (χ0) is 26.6. The summed E-state index contributed by atoms with van der Waals surface area (Å²) >= 11 is 0. The van der Waals surface area contributed by atoms with Gasteiger partial charge in [0, 0.05) is 29.3 Å². The summed E-state index contributed by atoms with van der Waals surface area (Å²) in [4.78, 5) is 19.8. The third-order valence-corrected chi connectivity index (χ3v) is 5.68. The van der Waals surface area contributed by atoms with Crippen molar-refractivity contribution in [2.75, 3.05) is 19.0 Å². The van der Waals surface area contributed by atoms with Crippen LogP contribution in [0, 0.1) is 11.6 Å². The van der Waals surface area contributed by atoms with E-state index in [1.54, 1.807) is 24.3 Å². The van der Waals surface area contributed by atoms with Gasteiger partial charge >= 0.3 is 12.2 Å². The molecule has 3 aromatic carbocycles. The molecule has 0 saturated heterocycles. The minimum Gasteiger partial charge on any atom is -0.496 e. The predicted molar refractivity (Wildman–Crippen MR) is 126 cm³/mol. The number of methoxy groups -OCH3 is 1. The van der Waals surface area contributed by atoms with Crippen molar-refractivity contribution in [3.8, 4) is 5.75 Å². The van der Waals surface area contributed by atoms with Crippen LogP contribution >= 0.6 is 0 Å². The van der Waals surface area contributed by atoms with Crippen molar-refractivity contribution in [2.45, 2.75) is 25.2 Å². The zero-order valence-electron chi connectivity index (χ0n) is 19.6. The van der Waals surface area contributed by atoms with E-state index in [1.807, 2.05) is 0 Å². The Labute approximate surface area is 209 Å². The fourth-order valence-corrected chi connectivity index (χ4v) is 3.86. The van der Waals surface area contributed by atoms with Crippen LogP contribution in [0.5, 0.6) is 5.75 Å². The van der Waals surface area contributed by atoms with Gasteiger partial charge in [-0.25, -0.2) is 13.6 Å². The topological polar surface area (TPSA) is 63.2 Å². The number of ether oxygens (including phenoxy) is 1. The lowest BCUT2D eigenvalue weighted by Gasteiger charge is -2.25. The highest BCUT2D eigenvalue weighted by molar-refractivity contribution is 6.03. The van der Waals surface area contributed by atoms with Crippen molar-refractivity contribution in [1.29, 1.82) is 0 Å². The van der Waals surface area contributed by atoms with E-state index < -0.39 is 35.5 Å². The number of benzene rings is 3. The van der Waals surface area contributed by atoms with Crippen molar-refractivity contribution in [2.24, 2.45) is 5.16 Å². The lowest BCUT2D eigenvalue weighted by Crippen LogP contribution is -2.40. The van der Waals surface area contributed by atoms with E-state index >= 15 is 0 Å². The number of anilines is 1. The Balaban J connectivity index is 1.53. The third kappa shape index (κ3) is 6.35. The van der Waals surface area contributed by atoms with E-state index in [0.29, 0.717) is 29.5 Å². The van der Waals surface area contributed by atoms with E-state index in [4.69, 9.17) is 9.57 Å². The molecule has 0 saturated carbocycles. The minimum atomic E-state index is -4.60. The number of amides is 2. The molecule has 0 radical (unpaired) electrons. The lowest BCUT2D eigenvalue weighted by molar-refractivity contribution is -0.137. The molecular formula is C26H22F5N3O3. The van der Waals surface area contributed by atoms with Gasteiger partial charge in [0.1, 0.15) is 17.4 Å². The molecule has 1 aliphatic heterocycles. The maximum atomic E-state index is 14.4. The van der Waals surface area contributed by atoms with Crippen LogP contribution in [0.1, 0.15) is 23.1 Å². The van der Waals surface area contributed by atoms with Crippen molar-refractivity contribution in [3.63, 3.8) is 0 Å². The number of carbonyl (C=O) groups is 1. The monoisotopic (exact) mass is 519 g/mol. The van der Waals surface area contributed by atoms with Crippen molar-refractivity contribution in [1.82, 2.24) is 4.90 Å². The summed E-state index contributed by atoms with van der Waals surface area (Å²) in [5.74, 6) is -1.07. The van der Waals surface area contributed by atoms with Crippen molar-refractivity contribution in [3.05, 3.63) is 95.1 Å². The van der Waals surface area contributed by atoms with Gasteiger partial charge in [0.05, 0.1) is 31.5 Å². The van der Waals surface area contributed by atoms with E-state index in [-0.39, 0.29) is 24.3 Å². The Bertz CT molecular complexity index is 1310. The molecule has 1 N–H and O–H groups in total. The quantitative estimate of drug-likeness (QED) is 0.377. The second kappa shape index (κ2) is 10.9. The molecule has 0 bridgehead atoms. The second-order valence-electron chi connectivity index (χ2n) is 8.29. The molecule has 2 amide bonds. The number of hydrogen-bond acceptors (Lipinski definition) is 4. The minimum absolute atomic E-state index is 0.0180. The first kappa shape index (κ1) is 25.9.